The highest BCUT2D eigenvalue weighted by molar-refractivity contribution is 5.94. The van der Waals surface area contributed by atoms with Gasteiger partial charge in [0.2, 0.25) is 0 Å². The van der Waals surface area contributed by atoms with Crippen LogP contribution in [0, 0.1) is 17.5 Å². The number of hydrogen-bond donors (Lipinski definition) is 1. The van der Waals surface area contributed by atoms with E-state index in [1.54, 1.807) is 12.1 Å². The van der Waals surface area contributed by atoms with Crippen molar-refractivity contribution in [2.24, 2.45) is 5.16 Å². The van der Waals surface area contributed by atoms with E-state index in [-0.39, 0.29) is 47.8 Å². The van der Waals surface area contributed by atoms with Crippen molar-refractivity contribution < 1.29 is 42.0 Å². The monoisotopic (exact) mass is 541 g/mol. The summed E-state index contributed by atoms with van der Waals surface area (Å²) < 4.78 is 37.2. The first-order valence-corrected chi connectivity index (χ1v) is 11.3. The highest BCUT2D eigenvalue weighted by Crippen LogP contribution is 2.03. The van der Waals surface area contributed by atoms with Gasteiger partial charge >= 0.3 is 0 Å². The number of ketones is 3. The number of Topliss-reactive ketones (excluding diaryl/α,β-unsaturated/α-hetero) is 3. The van der Waals surface area contributed by atoms with Gasteiger partial charge in [-0.25, -0.2) is 18.7 Å². The fourth-order valence-corrected chi connectivity index (χ4v) is 2.32. The second kappa shape index (κ2) is 17.8. The Morgan fingerprint density at radius 2 is 1.13 bits per heavy atom. The number of amides is 1. The summed E-state index contributed by atoms with van der Waals surface area (Å²) >= 11 is 0. The lowest BCUT2D eigenvalue weighted by atomic mass is 10.1. The van der Waals surface area contributed by atoms with Gasteiger partial charge in [-0.2, -0.15) is 0 Å². The molecule has 0 saturated carbocycles. The molecule has 0 atom stereocenters. The predicted octanol–water partition coefficient (Wildman–Crippen LogP) is 4.87. The van der Waals surface area contributed by atoms with Crippen LogP contribution in [0.15, 0.2) is 78.0 Å². The van der Waals surface area contributed by atoms with Gasteiger partial charge in [0.05, 0.1) is 6.21 Å². The molecule has 3 aromatic rings. The van der Waals surface area contributed by atoms with Crippen molar-refractivity contribution in [1.29, 1.82) is 0 Å². The molecule has 3 aromatic carbocycles. The molecule has 0 unspecified atom stereocenters. The molecule has 1 N–H and O–H groups in total. The zero-order chi connectivity index (χ0) is 29.2. The topological polar surface area (TPSA) is 111 Å². The van der Waals surface area contributed by atoms with E-state index in [9.17, 15) is 32.3 Å². The number of nitrogens with one attached hydrogen (secondary N) is 1. The molecule has 0 aliphatic rings. The number of nitrogens with zero attached hydrogens (tertiary/aromatic N) is 1. The summed E-state index contributed by atoms with van der Waals surface area (Å²) in [4.78, 5) is 52.1. The first-order valence-electron chi connectivity index (χ1n) is 11.3. The molecule has 0 saturated heterocycles. The molecule has 0 aliphatic heterocycles. The van der Waals surface area contributed by atoms with E-state index < -0.39 is 11.7 Å². The Morgan fingerprint density at radius 1 is 0.692 bits per heavy atom. The lowest BCUT2D eigenvalue weighted by molar-refractivity contribution is -0.123. The Morgan fingerprint density at radius 3 is 1.56 bits per heavy atom. The maximum absolute atomic E-state index is 12.5. The molecule has 206 valence electrons. The average molecular weight is 542 g/mol. The molecule has 0 heterocycles. The van der Waals surface area contributed by atoms with Gasteiger partial charge in [0.25, 0.3) is 5.91 Å². The maximum Gasteiger partial charge on any atom is 0.274 e. The summed E-state index contributed by atoms with van der Waals surface area (Å²) in [6.07, 6.45) is 1.42. The quantitative estimate of drug-likeness (QED) is 0.235. The molecule has 0 bridgehead atoms. The lowest BCUT2D eigenvalue weighted by Gasteiger charge is -2.03. The molecular formula is C28H27F3N2O6. The Balaban J connectivity index is 0.000000298. The normalized spacial score (nSPS) is 9.90. The van der Waals surface area contributed by atoms with Crippen LogP contribution in [0.5, 0.6) is 0 Å². The fourth-order valence-electron chi connectivity index (χ4n) is 2.32. The smallest absolute Gasteiger partial charge is 0.274 e. The Labute approximate surface area is 223 Å². The summed E-state index contributed by atoms with van der Waals surface area (Å²) in [5.41, 5.74) is 3.59. The fraction of sp³-hybridized carbons (Fsp3) is 0.179. The van der Waals surface area contributed by atoms with Crippen molar-refractivity contribution in [2.75, 3.05) is 13.2 Å². The second-order valence-electron chi connectivity index (χ2n) is 7.75. The van der Waals surface area contributed by atoms with Gasteiger partial charge in [-0.3, -0.25) is 24.0 Å². The molecule has 0 radical (unpaired) electrons. The first-order chi connectivity index (χ1) is 18.5. The molecule has 8 nitrogen and oxygen atoms in total. The molecule has 0 spiro atoms. The zero-order valence-electron chi connectivity index (χ0n) is 21.5. The van der Waals surface area contributed by atoms with Crippen LogP contribution >= 0.6 is 0 Å². The molecule has 0 aromatic heterocycles. The highest BCUT2D eigenvalue weighted by atomic mass is 18.2. The molecule has 0 fully saturated rings. The SMILES string of the molecule is CC(=O)CO/N=C/c1ccc([18F])cc1.CC(=O)CONC(=O)c1ccc([18F])cc1.CC(=O)c1ccc([18F])cc1. The third-order valence-corrected chi connectivity index (χ3v) is 4.21. The third kappa shape index (κ3) is 15.3. The summed E-state index contributed by atoms with van der Waals surface area (Å²) in [5, 5.41) is 3.54. The molecule has 11 heteroatoms. The zero-order valence-corrected chi connectivity index (χ0v) is 21.5. The Hall–Kier alpha value is -4.64. The van der Waals surface area contributed by atoms with Gasteiger partial charge in [-0.05, 0) is 87.0 Å². The number of hydrogen-bond acceptors (Lipinski definition) is 7. The van der Waals surface area contributed by atoms with Crippen LogP contribution in [0.1, 0.15) is 47.1 Å². The van der Waals surface area contributed by atoms with Gasteiger partial charge in [-0.15, -0.1) is 0 Å². The molecule has 1 amide bonds. The third-order valence-electron chi connectivity index (χ3n) is 4.21. The number of oxime groups is 1. The number of hydroxylamine groups is 1. The number of halogens is 3. The summed E-state index contributed by atoms with van der Waals surface area (Å²) in [5.74, 6) is -1.89. The van der Waals surface area contributed by atoms with E-state index in [2.05, 4.69) is 20.3 Å². The number of benzene rings is 3. The summed E-state index contributed by atoms with van der Waals surface area (Å²) in [7, 11) is 0. The van der Waals surface area contributed by atoms with Crippen molar-refractivity contribution in [3.63, 3.8) is 0 Å². The largest absolute Gasteiger partial charge is 0.388 e. The van der Waals surface area contributed by atoms with E-state index in [0.717, 1.165) is 5.56 Å². The highest BCUT2D eigenvalue weighted by Gasteiger charge is 2.05. The summed E-state index contributed by atoms with van der Waals surface area (Å²) in [6, 6.07) is 16.2. The predicted molar refractivity (Wildman–Crippen MR) is 138 cm³/mol. The lowest BCUT2D eigenvalue weighted by Crippen LogP contribution is -2.25. The van der Waals surface area contributed by atoms with Crippen molar-refractivity contribution in [3.8, 4) is 0 Å². The van der Waals surface area contributed by atoms with E-state index in [0.29, 0.717) is 5.56 Å². The van der Waals surface area contributed by atoms with Crippen LogP contribution in [-0.2, 0) is 19.3 Å². The van der Waals surface area contributed by atoms with Crippen LogP contribution in [0.4, 0.5) is 13.2 Å². The van der Waals surface area contributed by atoms with Crippen LogP contribution in [-0.4, -0.2) is 42.7 Å². The Kier molecular flexibility index (Phi) is 14.7. The Bertz CT molecular complexity index is 1250. The minimum absolute atomic E-state index is 0.0417. The average Bonchev–Trinajstić information content (AvgIpc) is 2.89. The minimum Gasteiger partial charge on any atom is -0.388 e. The van der Waals surface area contributed by atoms with E-state index in [1.807, 2.05) is 0 Å². The van der Waals surface area contributed by atoms with Crippen LogP contribution < -0.4 is 5.48 Å². The van der Waals surface area contributed by atoms with Crippen molar-refractivity contribution in [2.45, 2.75) is 20.8 Å². The van der Waals surface area contributed by atoms with Crippen LogP contribution in [0.25, 0.3) is 0 Å². The number of rotatable bonds is 9. The van der Waals surface area contributed by atoms with Gasteiger partial charge in [-0.1, -0.05) is 17.3 Å². The van der Waals surface area contributed by atoms with Crippen molar-refractivity contribution in [1.82, 2.24) is 5.48 Å². The van der Waals surface area contributed by atoms with Gasteiger partial charge < -0.3 is 4.84 Å². The maximum atomic E-state index is 12.5. The molecular weight excluding hydrogens is 514 g/mol. The number of carbonyl (C=O) groups is 4. The van der Waals surface area contributed by atoms with Gasteiger partial charge in [0, 0.05) is 11.1 Å². The van der Waals surface area contributed by atoms with Crippen molar-refractivity contribution >= 4 is 29.5 Å². The van der Waals surface area contributed by atoms with Crippen LogP contribution in [0.2, 0.25) is 0 Å². The van der Waals surface area contributed by atoms with Gasteiger partial charge in [0.1, 0.15) is 24.1 Å². The molecule has 3 rings (SSSR count). The van der Waals surface area contributed by atoms with E-state index >= 15 is 0 Å². The molecule has 39 heavy (non-hydrogen) atoms. The van der Waals surface area contributed by atoms with Gasteiger partial charge in [0.15, 0.2) is 24.0 Å². The summed E-state index contributed by atoms with van der Waals surface area (Å²) in [6.45, 7) is 3.97. The van der Waals surface area contributed by atoms with Crippen molar-refractivity contribution in [3.05, 3.63) is 107 Å². The standard InChI is InChI=1S/C10H10FNO3.C10H10FNO2.C8H7FO/c1-7(13)6-15-12-10(14)8-2-4-9(11)5-3-8;1-8(13)7-14-12-6-9-2-4-10(11)5-3-9;1-6(10)7-2-4-8(9)5-3-7/h2-5H,6H2,1H3,(H,12,14);2-6H,7H2,1H3;2-5H,1H3/b;12-6+;/i2*11-1;9-1. The van der Waals surface area contributed by atoms with E-state index in [4.69, 9.17) is 0 Å². The molecule has 0 aliphatic carbocycles. The first kappa shape index (κ1) is 32.4. The minimum atomic E-state index is -0.517. The number of carbonyl (C=O) groups excluding carboxylic acids is 4. The second-order valence-corrected chi connectivity index (χ2v) is 7.75. The van der Waals surface area contributed by atoms with Crippen LogP contribution in [0.3, 0.4) is 0 Å². The van der Waals surface area contributed by atoms with E-state index in [1.165, 1.54) is 87.6 Å².